The number of nitrogens with zero attached hydrogens (tertiary/aromatic N) is 2. The van der Waals surface area contributed by atoms with E-state index in [1.807, 2.05) is 32.9 Å². The predicted octanol–water partition coefficient (Wildman–Crippen LogP) is 2.54. The smallest absolute Gasteiger partial charge is 0.228 e. The van der Waals surface area contributed by atoms with Crippen LogP contribution in [0.3, 0.4) is 0 Å². The van der Waals surface area contributed by atoms with Crippen molar-refractivity contribution in [3.63, 3.8) is 0 Å². The SMILES string of the molecule is CC(C)(C)c1ncc(NC(=O)Cc2ccc(N)cc2)cn1. The number of nitrogens with one attached hydrogen (secondary N) is 1. The summed E-state index contributed by atoms with van der Waals surface area (Å²) in [5.41, 5.74) is 7.71. The topological polar surface area (TPSA) is 80.9 Å². The molecule has 1 heterocycles. The van der Waals surface area contributed by atoms with E-state index in [0.717, 1.165) is 11.4 Å². The molecule has 1 aromatic heterocycles. The molecule has 0 radical (unpaired) electrons. The number of nitrogen functional groups attached to an aromatic ring is 1. The van der Waals surface area contributed by atoms with Crippen LogP contribution in [0.2, 0.25) is 0 Å². The summed E-state index contributed by atoms with van der Waals surface area (Å²) in [7, 11) is 0. The van der Waals surface area contributed by atoms with Gasteiger partial charge in [-0.1, -0.05) is 32.9 Å². The largest absolute Gasteiger partial charge is 0.399 e. The maximum absolute atomic E-state index is 12.0. The molecule has 0 spiro atoms. The predicted molar refractivity (Wildman–Crippen MR) is 83.9 cm³/mol. The summed E-state index contributed by atoms with van der Waals surface area (Å²) in [6, 6.07) is 7.25. The van der Waals surface area contributed by atoms with E-state index in [2.05, 4.69) is 15.3 Å². The van der Waals surface area contributed by atoms with Gasteiger partial charge in [0.1, 0.15) is 5.82 Å². The van der Waals surface area contributed by atoms with Crippen LogP contribution >= 0.6 is 0 Å². The van der Waals surface area contributed by atoms with E-state index in [9.17, 15) is 4.79 Å². The van der Waals surface area contributed by atoms with E-state index in [1.54, 1.807) is 24.5 Å². The number of anilines is 2. The number of hydrogen-bond donors (Lipinski definition) is 2. The summed E-state index contributed by atoms with van der Waals surface area (Å²) in [6.07, 6.45) is 3.56. The first-order valence-corrected chi connectivity index (χ1v) is 6.81. The van der Waals surface area contributed by atoms with E-state index >= 15 is 0 Å². The Kier molecular flexibility index (Phi) is 4.21. The van der Waals surface area contributed by atoms with E-state index in [0.29, 0.717) is 17.8 Å². The second-order valence-electron chi connectivity index (χ2n) is 6.01. The van der Waals surface area contributed by atoms with Crippen molar-refractivity contribution in [3.8, 4) is 0 Å². The molecule has 0 fully saturated rings. The fraction of sp³-hybridized carbons (Fsp3) is 0.312. The average Bonchev–Trinajstić information content (AvgIpc) is 2.41. The zero-order valence-corrected chi connectivity index (χ0v) is 12.6. The number of nitrogens with two attached hydrogens (primary N) is 1. The normalized spacial score (nSPS) is 11.2. The molecule has 5 heteroatoms. The summed E-state index contributed by atoms with van der Waals surface area (Å²) in [5.74, 6) is 0.644. The number of amides is 1. The van der Waals surface area contributed by atoms with Gasteiger partial charge in [-0.2, -0.15) is 0 Å². The number of hydrogen-bond acceptors (Lipinski definition) is 4. The van der Waals surface area contributed by atoms with Crippen LogP contribution in [0.5, 0.6) is 0 Å². The third-order valence-corrected chi connectivity index (χ3v) is 2.95. The number of carbonyl (C=O) groups is 1. The zero-order chi connectivity index (χ0) is 15.5. The highest BCUT2D eigenvalue weighted by Gasteiger charge is 2.16. The van der Waals surface area contributed by atoms with Crippen LogP contribution in [0.4, 0.5) is 11.4 Å². The molecule has 1 aromatic carbocycles. The Bertz CT molecular complexity index is 612. The first-order chi connectivity index (χ1) is 9.84. The van der Waals surface area contributed by atoms with Crippen LogP contribution in [0, 0.1) is 0 Å². The molecule has 5 nitrogen and oxygen atoms in total. The van der Waals surface area contributed by atoms with Crippen molar-refractivity contribution in [2.45, 2.75) is 32.6 Å². The van der Waals surface area contributed by atoms with Crippen molar-refractivity contribution in [2.24, 2.45) is 0 Å². The molecule has 21 heavy (non-hydrogen) atoms. The molecule has 3 N–H and O–H groups in total. The van der Waals surface area contributed by atoms with Gasteiger partial charge >= 0.3 is 0 Å². The molecule has 0 aliphatic rings. The van der Waals surface area contributed by atoms with Crippen molar-refractivity contribution >= 4 is 17.3 Å². The Morgan fingerprint density at radius 2 is 1.71 bits per heavy atom. The van der Waals surface area contributed by atoms with Gasteiger partial charge in [-0.3, -0.25) is 4.79 Å². The van der Waals surface area contributed by atoms with Crippen molar-refractivity contribution in [3.05, 3.63) is 48.0 Å². The van der Waals surface area contributed by atoms with Crippen LogP contribution in [0.1, 0.15) is 32.2 Å². The first-order valence-electron chi connectivity index (χ1n) is 6.81. The highest BCUT2D eigenvalue weighted by Crippen LogP contribution is 2.18. The van der Waals surface area contributed by atoms with Crippen molar-refractivity contribution < 1.29 is 4.79 Å². The standard InChI is InChI=1S/C16H20N4O/c1-16(2,3)15-18-9-13(10-19-15)20-14(21)8-11-4-6-12(17)7-5-11/h4-7,9-10H,8,17H2,1-3H3,(H,20,21). The number of benzene rings is 1. The summed E-state index contributed by atoms with van der Waals surface area (Å²) in [6.45, 7) is 6.13. The molecular weight excluding hydrogens is 264 g/mol. The Morgan fingerprint density at radius 3 is 2.24 bits per heavy atom. The third kappa shape index (κ3) is 4.27. The molecule has 1 amide bonds. The molecule has 110 valence electrons. The lowest BCUT2D eigenvalue weighted by molar-refractivity contribution is -0.115. The lowest BCUT2D eigenvalue weighted by atomic mass is 9.96. The van der Waals surface area contributed by atoms with E-state index in [4.69, 9.17) is 5.73 Å². The van der Waals surface area contributed by atoms with Gasteiger partial charge in [-0.25, -0.2) is 9.97 Å². The zero-order valence-electron chi connectivity index (χ0n) is 12.6. The lowest BCUT2D eigenvalue weighted by Gasteiger charge is -2.16. The molecule has 2 rings (SSSR count). The molecular formula is C16H20N4O. The summed E-state index contributed by atoms with van der Waals surface area (Å²) < 4.78 is 0. The van der Waals surface area contributed by atoms with Gasteiger partial charge in [-0.05, 0) is 17.7 Å². The van der Waals surface area contributed by atoms with Crippen LogP contribution in [-0.4, -0.2) is 15.9 Å². The third-order valence-electron chi connectivity index (χ3n) is 2.95. The van der Waals surface area contributed by atoms with E-state index in [1.165, 1.54) is 0 Å². The van der Waals surface area contributed by atoms with Crippen molar-refractivity contribution in [1.82, 2.24) is 9.97 Å². The fourth-order valence-corrected chi connectivity index (χ4v) is 1.81. The Labute approximate surface area is 124 Å². The monoisotopic (exact) mass is 284 g/mol. The molecule has 0 aliphatic carbocycles. The van der Waals surface area contributed by atoms with Crippen LogP contribution in [-0.2, 0) is 16.6 Å². The molecule has 0 saturated heterocycles. The lowest BCUT2D eigenvalue weighted by Crippen LogP contribution is -2.18. The fourth-order valence-electron chi connectivity index (χ4n) is 1.81. The van der Waals surface area contributed by atoms with E-state index < -0.39 is 0 Å². The molecule has 0 atom stereocenters. The Balaban J connectivity index is 1.98. The van der Waals surface area contributed by atoms with Gasteiger partial charge in [0.05, 0.1) is 24.5 Å². The second kappa shape index (κ2) is 5.91. The average molecular weight is 284 g/mol. The number of rotatable bonds is 3. The molecule has 0 saturated carbocycles. The molecule has 0 bridgehead atoms. The minimum Gasteiger partial charge on any atom is -0.399 e. The van der Waals surface area contributed by atoms with Crippen LogP contribution in [0.25, 0.3) is 0 Å². The molecule has 2 aromatic rings. The highest BCUT2D eigenvalue weighted by atomic mass is 16.1. The highest BCUT2D eigenvalue weighted by molar-refractivity contribution is 5.91. The van der Waals surface area contributed by atoms with Crippen molar-refractivity contribution in [2.75, 3.05) is 11.1 Å². The number of aromatic nitrogens is 2. The van der Waals surface area contributed by atoms with Gasteiger partial charge in [-0.15, -0.1) is 0 Å². The van der Waals surface area contributed by atoms with Gasteiger partial charge in [0.15, 0.2) is 0 Å². The summed E-state index contributed by atoms with van der Waals surface area (Å²) in [4.78, 5) is 20.5. The second-order valence-corrected chi connectivity index (χ2v) is 6.01. The maximum Gasteiger partial charge on any atom is 0.228 e. The summed E-state index contributed by atoms with van der Waals surface area (Å²) >= 11 is 0. The van der Waals surface area contributed by atoms with Crippen LogP contribution < -0.4 is 11.1 Å². The van der Waals surface area contributed by atoms with Gasteiger partial charge in [0.25, 0.3) is 0 Å². The van der Waals surface area contributed by atoms with Crippen molar-refractivity contribution in [1.29, 1.82) is 0 Å². The molecule has 0 unspecified atom stereocenters. The van der Waals surface area contributed by atoms with Gasteiger partial charge in [0.2, 0.25) is 5.91 Å². The minimum atomic E-state index is -0.105. The van der Waals surface area contributed by atoms with Gasteiger partial charge < -0.3 is 11.1 Å². The minimum absolute atomic E-state index is 0.105. The summed E-state index contributed by atoms with van der Waals surface area (Å²) in [5, 5.41) is 2.79. The Morgan fingerprint density at radius 1 is 1.14 bits per heavy atom. The maximum atomic E-state index is 12.0. The number of carbonyl (C=O) groups excluding carboxylic acids is 1. The quantitative estimate of drug-likeness (QED) is 0.849. The first kappa shape index (κ1) is 15.0. The molecule has 0 aliphatic heterocycles. The van der Waals surface area contributed by atoms with Gasteiger partial charge in [0, 0.05) is 11.1 Å². The Hall–Kier alpha value is -2.43. The van der Waals surface area contributed by atoms with Crippen LogP contribution in [0.15, 0.2) is 36.7 Å². The van der Waals surface area contributed by atoms with E-state index in [-0.39, 0.29) is 11.3 Å².